The first kappa shape index (κ1) is 28.2. The highest BCUT2D eigenvalue weighted by Crippen LogP contribution is 2.32. The number of fused-ring (bicyclic) bond motifs is 1. The van der Waals surface area contributed by atoms with E-state index in [1.54, 1.807) is 38.2 Å². The largest absolute Gasteiger partial charge is 0.394 e. The lowest BCUT2D eigenvalue weighted by atomic mass is 10.0. The Kier molecular flexibility index (Phi) is 8.51. The number of carbonyl (C=O) groups excluding carboxylic acids is 2. The van der Waals surface area contributed by atoms with Crippen LogP contribution in [0.15, 0.2) is 36.5 Å². The summed E-state index contributed by atoms with van der Waals surface area (Å²) in [6.45, 7) is 4.71. The first-order valence-electron chi connectivity index (χ1n) is 13.1. The van der Waals surface area contributed by atoms with Gasteiger partial charge in [-0.3, -0.25) is 14.6 Å². The van der Waals surface area contributed by atoms with Crippen molar-refractivity contribution >= 4 is 41.0 Å². The predicted molar refractivity (Wildman–Crippen MR) is 151 cm³/mol. The van der Waals surface area contributed by atoms with Crippen molar-refractivity contribution < 1.29 is 19.4 Å². The number of anilines is 1. The van der Waals surface area contributed by atoms with Crippen LogP contribution in [-0.2, 0) is 16.1 Å². The van der Waals surface area contributed by atoms with Crippen LogP contribution in [-0.4, -0.2) is 68.7 Å². The highest BCUT2D eigenvalue weighted by Gasteiger charge is 2.35. The molecule has 40 heavy (non-hydrogen) atoms. The monoisotopic (exact) mass is 584 g/mol. The molecule has 0 saturated carbocycles. The fourth-order valence-electron chi connectivity index (χ4n) is 4.85. The number of nitrogens with one attached hydrogen (secondary N) is 2. The standard InChI is InChI=1S/C28H30Cl2N6O4/c1-15-21(29)5-6-23(32-15)24(14-37)34-26(38)16(2)36-13-18-4-3-17(11-20(18)27(36)39)25-22(30)12-31-28(35-25)33-19-7-9-40-10-8-19/h3-6,11-12,16,19,24,37H,7-10,13-14H2,1-2H3,(H,34,38)(H,31,33,35)/t16-,24-/m1/s1. The molecule has 1 saturated heterocycles. The summed E-state index contributed by atoms with van der Waals surface area (Å²) < 4.78 is 5.41. The van der Waals surface area contributed by atoms with Crippen LogP contribution in [0.25, 0.3) is 11.3 Å². The molecule has 2 aliphatic rings. The van der Waals surface area contributed by atoms with Gasteiger partial charge in [-0.1, -0.05) is 35.3 Å². The lowest BCUT2D eigenvalue weighted by molar-refractivity contribution is -0.126. The fourth-order valence-corrected chi connectivity index (χ4v) is 5.16. The summed E-state index contributed by atoms with van der Waals surface area (Å²) in [7, 11) is 0. The molecule has 1 aromatic carbocycles. The lowest BCUT2D eigenvalue weighted by Gasteiger charge is -2.26. The van der Waals surface area contributed by atoms with E-state index in [-0.39, 0.29) is 25.1 Å². The zero-order chi connectivity index (χ0) is 28.4. The van der Waals surface area contributed by atoms with Gasteiger partial charge in [-0.15, -0.1) is 0 Å². The smallest absolute Gasteiger partial charge is 0.255 e. The van der Waals surface area contributed by atoms with Crippen molar-refractivity contribution in [1.82, 2.24) is 25.2 Å². The second-order valence-corrected chi connectivity index (χ2v) is 10.8. The van der Waals surface area contributed by atoms with Crippen molar-refractivity contribution in [1.29, 1.82) is 0 Å². The topological polar surface area (TPSA) is 130 Å². The number of ether oxygens (including phenoxy) is 1. The van der Waals surface area contributed by atoms with Crippen LogP contribution < -0.4 is 10.6 Å². The number of rotatable bonds is 8. The van der Waals surface area contributed by atoms with Gasteiger partial charge in [0.05, 0.1) is 46.0 Å². The minimum absolute atomic E-state index is 0.218. The maximum Gasteiger partial charge on any atom is 0.255 e. The number of hydrogen-bond donors (Lipinski definition) is 3. The number of aliphatic hydroxyl groups is 1. The molecule has 3 N–H and O–H groups in total. The molecule has 12 heteroatoms. The number of aliphatic hydroxyl groups excluding tert-OH is 1. The first-order chi connectivity index (χ1) is 19.2. The summed E-state index contributed by atoms with van der Waals surface area (Å²) in [6.07, 6.45) is 3.28. The molecule has 5 rings (SSSR count). The Morgan fingerprint density at radius 1 is 1.18 bits per heavy atom. The van der Waals surface area contributed by atoms with E-state index < -0.39 is 18.0 Å². The summed E-state index contributed by atoms with van der Waals surface area (Å²) in [5, 5.41) is 16.9. The van der Waals surface area contributed by atoms with Crippen LogP contribution in [0.3, 0.4) is 0 Å². The van der Waals surface area contributed by atoms with Crippen LogP contribution in [0.1, 0.15) is 53.1 Å². The zero-order valence-electron chi connectivity index (χ0n) is 22.2. The molecule has 0 radical (unpaired) electrons. The van der Waals surface area contributed by atoms with E-state index in [4.69, 9.17) is 27.9 Å². The van der Waals surface area contributed by atoms with Gasteiger partial charge in [-0.05, 0) is 50.5 Å². The minimum Gasteiger partial charge on any atom is -0.394 e. The van der Waals surface area contributed by atoms with E-state index in [2.05, 4.69) is 25.6 Å². The molecule has 2 amide bonds. The Bertz CT molecular complexity index is 1430. The fraction of sp³-hybridized carbons (Fsp3) is 0.393. The third kappa shape index (κ3) is 5.90. The van der Waals surface area contributed by atoms with Gasteiger partial charge < -0.3 is 25.4 Å². The molecule has 0 spiro atoms. The van der Waals surface area contributed by atoms with Gasteiger partial charge >= 0.3 is 0 Å². The second-order valence-electron chi connectivity index (χ2n) is 9.95. The number of pyridine rings is 1. The molecular weight excluding hydrogens is 555 g/mol. The van der Waals surface area contributed by atoms with E-state index in [0.29, 0.717) is 57.4 Å². The molecule has 2 aliphatic heterocycles. The van der Waals surface area contributed by atoms with Crippen molar-refractivity contribution in [3.8, 4) is 11.3 Å². The molecule has 0 bridgehead atoms. The number of halogens is 2. The van der Waals surface area contributed by atoms with Gasteiger partial charge in [0.1, 0.15) is 6.04 Å². The Labute approximate surface area is 242 Å². The van der Waals surface area contributed by atoms with Crippen molar-refractivity contribution in [2.45, 2.75) is 51.4 Å². The summed E-state index contributed by atoms with van der Waals surface area (Å²) in [5.74, 6) is -0.211. The van der Waals surface area contributed by atoms with Gasteiger partial charge in [0, 0.05) is 36.9 Å². The molecule has 10 nitrogen and oxygen atoms in total. The third-order valence-electron chi connectivity index (χ3n) is 7.26. The highest BCUT2D eigenvalue weighted by molar-refractivity contribution is 6.33. The maximum absolute atomic E-state index is 13.4. The van der Waals surface area contributed by atoms with Crippen LogP contribution in [0.4, 0.5) is 5.95 Å². The molecule has 210 valence electrons. The van der Waals surface area contributed by atoms with Gasteiger partial charge in [-0.2, -0.15) is 0 Å². The van der Waals surface area contributed by atoms with Crippen molar-refractivity contribution in [3.63, 3.8) is 0 Å². The van der Waals surface area contributed by atoms with E-state index in [1.165, 1.54) is 4.90 Å². The van der Waals surface area contributed by atoms with E-state index in [9.17, 15) is 14.7 Å². The quantitative estimate of drug-likeness (QED) is 0.363. The summed E-state index contributed by atoms with van der Waals surface area (Å²) in [6, 6.07) is 7.50. The summed E-state index contributed by atoms with van der Waals surface area (Å²) in [4.78, 5) is 41.4. The van der Waals surface area contributed by atoms with Crippen molar-refractivity contribution in [2.75, 3.05) is 25.1 Å². The lowest BCUT2D eigenvalue weighted by Crippen LogP contribution is -2.47. The Morgan fingerprint density at radius 3 is 2.67 bits per heavy atom. The van der Waals surface area contributed by atoms with Gasteiger partial charge in [-0.25, -0.2) is 9.97 Å². The number of benzene rings is 1. The Morgan fingerprint density at radius 2 is 1.95 bits per heavy atom. The molecule has 2 aromatic heterocycles. The van der Waals surface area contributed by atoms with E-state index in [1.807, 2.05) is 12.1 Å². The number of nitrogens with zero attached hydrogens (tertiary/aromatic N) is 4. The molecular formula is C28H30Cl2N6O4. The van der Waals surface area contributed by atoms with E-state index in [0.717, 1.165) is 18.4 Å². The van der Waals surface area contributed by atoms with Crippen molar-refractivity contribution in [2.24, 2.45) is 0 Å². The van der Waals surface area contributed by atoms with E-state index >= 15 is 0 Å². The average Bonchev–Trinajstić information content (AvgIpc) is 3.29. The third-order valence-corrected chi connectivity index (χ3v) is 7.94. The van der Waals surface area contributed by atoms with Gasteiger partial charge in [0.25, 0.3) is 5.91 Å². The minimum atomic E-state index is -0.788. The predicted octanol–water partition coefficient (Wildman–Crippen LogP) is 3.94. The molecule has 3 aromatic rings. The van der Waals surface area contributed by atoms with Crippen LogP contribution in [0.5, 0.6) is 0 Å². The number of aromatic nitrogens is 3. The Hall–Kier alpha value is -3.31. The number of hydrogen-bond acceptors (Lipinski definition) is 8. The molecule has 1 fully saturated rings. The number of aryl methyl sites for hydroxylation is 1. The molecule has 0 unspecified atom stereocenters. The molecule has 2 atom stereocenters. The maximum atomic E-state index is 13.4. The average molecular weight is 585 g/mol. The number of carbonyl (C=O) groups is 2. The van der Waals surface area contributed by atoms with Crippen LogP contribution in [0.2, 0.25) is 10.0 Å². The second kappa shape index (κ2) is 12.1. The number of amides is 2. The molecule has 4 heterocycles. The zero-order valence-corrected chi connectivity index (χ0v) is 23.7. The summed E-state index contributed by atoms with van der Waals surface area (Å²) >= 11 is 12.5. The van der Waals surface area contributed by atoms with Crippen LogP contribution >= 0.6 is 23.2 Å². The highest BCUT2D eigenvalue weighted by atomic mass is 35.5. The first-order valence-corrected chi connectivity index (χ1v) is 13.9. The van der Waals surface area contributed by atoms with Crippen LogP contribution in [0, 0.1) is 6.92 Å². The Balaban J connectivity index is 1.31. The van der Waals surface area contributed by atoms with Gasteiger partial charge in [0.15, 0.2) is 0 Å². The molecule has 0 aliphatic carbocycles. The van der Waals surface area contributed by atoms with Crippen molar-refractivity contribution in [3.05, 3.63) is 69.1 Å². The normalized spacial score (nSPS) is 16.9. The SMILES string of the molecule is Cc1nc([C@@H](CO)NC(=O)[C@@H](C)N2Cc3ccc(-c4nc(NC5CCOCC5)ncc4Cl)cc3C2=O)ccc1Cl. The summed E-state index contributed by atoms with van der Waals surface area (Å²) in [5.41, 5.74) is 3.56. The van der Waals surface area contributed by atoms with Gasteiger partial charge in [0.2, 0.25) is 11.9 Å².